The van der Waals surface area contributed by atoms with Crippen molar-refractivity contribution in [1.29, 1.82) is 0 Å². The number of benzene rings is 2. The summed E-state index contributed by atoms with van der Waals surface area (Å²) in [4.78, 5) is 22.4. The lowest BCUT2D eigenvalue weighted by Crippen LogP contribution is -2.05. The van der Waals surface area contributed by atoms with Crippen LogP contribution in [0.4, 0.5) is 5.69 Å². The predicted molar refractivity (Wildman–Crippen MR) is 99.4 cm³/mol. The highest BCUT2D eigenvalue weighted by atomic mass is 16.5. The summed E-state index contributed by atoms with van der Waals surface area (Å²) in [6, 6.07) is 12.1. The second-order valence-electron chi connectivity index (χ2n) is 5.63. The number of carbonyl (C=O) groups is 2. The molecule has 0 heterocycles. The molecule has 0 radical (unpaired) electrons. The standard InChI is InChI=1S/C20H21NO5/c1-13(22)21-16-6-4-5-15(11-16)7-9-19(24)18-12-17(25-3)8-10-20(18)26-14(2)23/h4-6,8-12,24H,7H2,1-3H3,(H,21,22)/b19-9-. The zero-order valence-electron chi connectivity index (χ0n) is 14.9. The summed E-state index contributed by atoms with van der Waals surface area (Å²) >= 11 is 0. The summed E-state index contributed by atoms with van der Waals surface area (Å²) in [6.45, 7) is 2.74. The smallest absolute Gasteiger partial charge is 0.308 e. The number of aliphatic hydroxyl groups excluding tert-OH is 1. The van der Waals surface area contributed by atoms with Gasteiger partial charge >= 0.3 is 5.97 Å². The SMILES string of the molecule is COc1ccc(OC(C)=O)c(/C(O)=C/Cc2cccc(NC(C)=O)c2)c1. The number of amides is 1. The lowest BCUT2D eigenvalue weighted by atomic mass is 10.1. The number of nitrogens with one attached hydrogen (secondary N) is 1. The second kappa shape index (κ2) is 8.71. The molecular weight excluding hydrogens is 334 g/mol. The molecule has 0 bridgehead atoms. The van der Waals surface area contributed by atoms with Crippen LogP contribution >= 0.6 is 0 Å². The minimum atomic E-state index is -0.479. The van der Waals surface area contributed by atoms with E-state index in [4.69, 9.17) is 9.47 Å². The number of methoxy groups -OCH3 is 1. The molecule has 0 fully saturated rings. The van der Waals surface area contributed by atoms with E-state index in [9.17, 15) is 14.7 Å². The van der Waals surface area contributed by atoms with Crippen LogP contribution < -0.4 is 14.8 Å². The third kappa shape index (κ3) is 5.37. The number of hydrogen-bond acceptors (Lipinski definition) is 5. The van der Waals surface area contributed by atoms with Crippen LogP contribution in [0, 0.1) is 0 Å². The average molecular weight is 355 g/mol. The summed E-state index contributed by atoms with van der Waals surface area (Å²) in [5.41, 5.74) is 1.95. The van der Waals surface area contributed by atoms with E-state index in [1.165, 1.54) is 21.0 Å². The number of ether oxygens (including phenoxy) is 2. The van der Waals surface area contributed by atoms with Gasteiger partial charge in [-0.3, -0.25) is 9.59 Å². The van der Waals surface area contributed by atoms with E-state index in [2.05, 4.69) is 5.32 Å². The van der Waals surface area contributed by atoms with Crippen LogP contribution in [0.3, 0.4) is 0 Å². The summed E-state index contributed by atoms with van der Waals surface area (Å²) in [7, 11) is 1.51. The third-order valence-corrected chi connectivity index (χ3v) is 3.49. The largest absolute Gasteiger partial charge is 0.508 e. The van der Waals surface area contributed by atoms with Gasteiger partial charge in [-0.1, -0.05) is 12.1 Å². The first-order valence-electron chi connectivity index (χ1n) is 8.01. The van der Waals surface area contributed by atoms with Crippen molar-refractivity contribution in [3.05, 3.63) is 59.7 Å². The summed E-state index contributed by atoms with van der Waals surface area (Å²) < 4.78 is 10.3. The molecule has 0 atom stereocenters. The highest BCUT2D eigenvalue weighted by Crippen LogP contribution is 2.29. The van der Waals surface area contributed by atoms with Crippen LogP contribution in [0.2, 0.25) is 0 Å². The molecule has 0 aliphatic heterocycles. The molecule has 0 unspecified atom stereocenters. The van der Waals surface area contributed by atoms with Crippen LogP contribution in [-0.4, -0.2) is 24.1 Å². The highest BCUT2D eigenvalue weighted by molar-refractivity contribution is 5.88. The van der Waals surface area contributed by atoms with Gasteiger partial charge in [0.2, 0.25) is 5.91 Å². The van der Waals surface area contributed by atoms with Gasteiger partial charge in [0.25, 0.3) is 0 Å². The molecule has 26 heavy (non-hydrogen) atoms. The number of carbonyl (C=O) groups excluding carboxylic acids is 2. The second-order valence-corrected chi connectivity index (χ2v) is 5.63. The Labute approximate surface area is 152 Å². The van der Waals surface area contributed by atoms with E-state index < -0.39 is 5.97 Å². The maximum atomic E-state index is 11.3. The van der Waals surface area contributed by atoms with Gasteiger partial charge in [0.15, 0.2) is 0 Å². The molecule has 6 nitrogen and oxygen atoms in total. The number of hydrogen-bond donors (Lipinski definition) is 2. The molecule has 2 aromatic carbocycles. The number of anilines is 1. The Morgan fingerprint density at radius 3 is 2.58 bits per heavy atom. The lowest BCUT2D eigenvalue weighted by molar-refractivity contribution is -0.131. The molecule has 0 aromatic heterocycles. The van der Waals surface area contributed by atoms with E-state index in [-0.39, 0.29) is 17.4 Å². The molecular formula is C20H21NO5. The van der Waals surface area contributed by atoms with Crippen LogP contribution in [0.5, 0.6) is 11.5 Å². The third-order valence-electron chi connectivity index (χ3n) is 3.49. The van der Waals surface area contributed by atoms with Crippen LogP contribution in [-0.2, 0) is 16.0 Å². The van der Waals surface area contributed by atoms with Gasteiger partial charge in [-0.2, -0.15) is 0 Å². The normalized spacial score (nSPS) is 11.0. The fraction of sp³-hybridized carbons (Fsp3) is 0.200. The predicted octanol–water partition coefficient (Wildman–Crippen LogP) is 3.72. The Morgan fingerprint density at radius 2 is 1.92 bits per heavy atom. The molecule has 0 saturated heterocycles. The Balaban J connectivity index is 2.26. The van der Waals surface area contributed by atoms with Gasteiger partial charge in [0.05, 0.1) is 12.7 Å². The van der Waals surface area contributed by atoms with Crippen LogP contribution in [0.25, 0.3) is 5.76 Å². The van der Waals surface area contributed by atoms with Crippen molar-refractivity contribution >= 4 is 23.3 Å². The number of esters is 1. The number of aliphatic hydroxyl groups is 1. The quantitative estimate of drug-likeness (QED) is 0.469. The molecule has 2 N–H and O–H groups in total. The van der Waals surface area contributed by atoms with Crippen molar-refractivity contribution < 1.29 is 24.2 Å². The molecule has 2 rings (SSSR count). The first kappa shape index (κ1) is 19.1. The van der Waals surface area contributed by atoms with Crippen LogP contribution in [0.1, 0.15) is 25.0 Å². The topological polar surface area (TPSA) is 84.9 Å². The summed E-state index contributed by atoms with van der Waals surface area (Å²) in [6.07, 6.45) is 2.03. The Morgan fingerprint density at radius 1 is 1.15 bits per heavy atom. The van der Waals surface area contributed by atoms with Crippen LogP contribution in [0.15, 0.2) is 48.5 Å². The first-order chi connectivity index (χ1) is 12.4. The van der Waals surface area contributed by atoms with E-state index in [1.54, 1.807) is 30.3 Å². The lowest BCUT2D eigenvalue weighted by Gasteiger charge is -2.10. The van der Waals surface area contributed by atoms with E-state index in [1.807, 2.05) is 18.2 Å². The maximum Gasteiger partial charge on any atom is 0.308 e. The minimum Gasteiger partial charge on any atom is -0.508 e. The van der Waals surface area contributed by atoms with E-state index in [0.29, 0.717) is 23.4 Å². The average Bonchev–Trinajstić information content (AvgIpc) is 2.59. The zero-order valence-corrected chi connectivity index (χ0v) is 14.9. The number of rotatable bonds is 6. The Hall–Kier alpha value is -3.28. The highest BCUT2D eigenvalue weighted by Gasteiger charge is 2.12. The van der Waals surface area contributed by atoms with Gasteiger partial charge in [0, 0.05) is 19.5 Å². The molecule has 2 aromatic rings. The molecule has 0 aliphatic carbocycles. The van der Waals surface area contributed by atoms with Gasteiger partial charge in [0.1, 0.15) is 17.3 Å². The van der Waals surface area contributed by atoms with Crippen molar-refractivity contribution in [3.8, 4) is 11.5 Å². The molecule has 0 spiro atoms. The Bertz CT molecular complexity index is 842. The maximum absolute atomic E-state index is 11.3. The summed E-state index contributed by atoms with van der Waals surface area (Å²) in [5.74, 6) is 0.114. The summed E-state index contributed by atoms with van der Waals surface area (Å²) in [5, 5.41) is 13.2. The molecule has 136 valence electrons. The van der Waals surface area contributed by atoms with Gasteiger partial charge < -0.3 is 19.9 Å². The zero-order chi connectivity index (χ0) is 19.1. The first-order valence-corrected chi connectivity index (χ1v) is 8.01. The van der Waals surface area contributed by atoms with E-state index in [0.717, 1.165) is 5.56 Å². The van der Waals surface area contributed by atoms with Gasteiger partial charge in [-0.05, 0) is 48.4 Å². The van der Waals surface area contributed by atoms with E-state index >= 15 is 0 Å². The number of allylic oxidation sites excluding steroid dienone is 1. The Kier molecular flexibility index (Phi) is 6.38. The van der Waals surface area contributed by atoms with Crippen molar-refractivity contribution in [1.82, 2.24) is 0 Å². The van der Waals surface area contributed by atoms with Crippen molar-refractivity contribution in [2.24, 2.45) is 0 Å². The fourth-order valence-electron chi connectivity index (χ4n) is 2.38. The molecule has 0 saturated carbocycles. The monoisotopic (exact) mass is 355 g/mol. The van der Waals surface area contributed by atoms with Crippen molar-refractivity contribution in [2.45, 2.75) is 20.3 Å². The fourth-order valence-corrected chi connectivity index (χ4v) is 2.38. The van der Waals surface area contributed by atoms with Gasteiger partial charge in [-0.15, -0.1) is 0 Å². The molecule has 0 aliphatic rings. The van der Waals surface area contributed by atoms with Gasteiger partial charge in [-0.25, -0.2) is 0 Å². The minimum absolute atomic E-state index is 0.0370. The molecule has 1 amide bonds. The van der Waals surface area contributed by atoms with Crippen molar-refractivity contribution in [2.75, 3.05) is 12.4 Å². The van der Waals surface area contributed by atoms with Crippen molar-refractivity contribution in [3.63, 3.8) is 0 Å². The molecule has 6 heteroatoms.